The van der Waals surface area contributed by atoms with Crippen LogP contribution in [0.1, 0.15) is 21.5 Å². The number of hydrogen-bond donors (Lipinski definition) is 2. The van der Waals surface area contributed by atoms with Crippen LogP contribution in [-0.2, 0) is 22.6 Å². The zero-order chi connectivity index (χ0) is 19.4. The summed E-state index contributed by atoms with van der Waals surface area (Å²) >= 11 is 6.19. The number of fused-ring (bicyclic) bond motifs is 1. The van der Waals surface area contributed by atoms with Crippen LogP contribution in [-0.4, -0.2) is 42.3 Å². The smallest absolute Gasteiger partial charge is 0.256 e. The van der Waals surface area contributed by atoms with Gasteiger partial charge in [0.1, 0.15) is 6.04 Å². The van der Waals surface area contributed by atoms with Gasteiger partial charge in [-0.2, -0.15) is 0 Å². The first-order valence-corrected chi connectivity index (χ1v) is 8.99. The van der Waals surface area contributed by atoms with Crippen LogP contribution in [0, 0.1) is 0 Å². The lowest BCUT2D eigenvalue weighted by molar-refractivity contribution is -0.129. The first-order valence-electron chi connectivity index (χ1n) is 8.62. The zero-order valence-corrected chi connectivity index (χ0v) is 15.6. The van der Waals surface area contributed by atoms with Gasteiger partial charge in [-0.3, -0.25) is 14.4 Å². The second kappa shape index (κ2) is 8.22. The molecule has 27 heavy (non-hydrogen) atoms. The third kappa shape index (κ3) is 4.11. The second-order valence-corrected chi connectivity index (χ2v) is 6.70. The summed E-state index contributed by atoms with van der Waals surface area (Å²) in [5.41, 5.74) is 2.36. The minimum absolute atomic E-state index is 0.137. The van der Waals surface area contributed by atoms with E-state index in [4.69, 9.17) is 11.6 Å². The summed E-state index contributed by atoms with van der Waals surface area (Å²) in [5, 5.41) is 5.40. The normalized spacial score (nSPS) is 15.6. The Balaban J connectivity index is 1.90. The second-order valence-electron chi connectivity index (χ2n) is 6.29. The van der Waals surface area contributed by atoms with Gasteiger partial charge in [0, 0.05) is 20.0 Å². The molecule has 1 aliphatic heterocycles. The molecule has 140 valence electrons. The molecule has 1 aliphatic rings. The molecule has 0 bridgehead atoms. The number of likely N-dealkylation sites (N-methyl/N-ethyl adjacent to an activating group) is 1. The van der Waals surface area contributed by atoms with Gasteiger partial charge in [-0.05, 0) is 23.3 Å². The average molecular weight is 386 g/mol. The SMILES string of the molecule is CNC(=O)CNC(=O)[C@@H]1Cc2ccccc2CN1C(=O)c1ccccc1Cl. The van der Waals surface area contributed by atoms with Crippen molar-refractivity contribution < 1.29 is 14.4 Å². The number of nitrogens with zero attached hydrogens (tertiary/aromatic N) is 1. The van der Waals surface area contributed by atoms with Gasteiger partial charge < -0.3 is 15.5 Å². The highest BCUT2D eigenvalue weighted by Gasteiger charge is 2.35. The fraction of sp³-hybridized carbons (Fsp3) is 0.250. The number of carbonyl (C=O) groups is 3. The number of halogens is 1. The summed E-state index contributed by atoms with van der Waals surface area (Å²) in [5.74, 6) is -0.979. The molecule has 0 saturated carbocycles. The molecule has 0 unspecified atom stereocenters. The number of nitrogens with one attached hydrogen (secondary N) is 2. The number of rotatable bonds is 4. The maximum Gasteiger partial charge on any atom is 0.256 e. The van der Waals surface area contributed by atoms with Gasteiger partial charge >= 0.3 is 0 Å². The fourth-order valence-electron chi connectivity index (χ4n) is 3.13. The zero-order valence-electron chi connectivity index (χ0n) is 14.9. The summed E-state index contributed by atoms with van der Waals surface area (Å²) < 4.78 is 0. The number of benzene rings is 2. The van der Waals surface area contributed by atoms with Crippen molar-refractivity contribution >= 4 is 29.3 Å². The summed E-state index contributed by atoms with van der Waals surface area (Å²) in [4.78, 5) is 38.8. The molecule has 3 rings (SSSR count). The van der Waals surface area contributed by atoms with Crippen LogP contribution in [0.25, 0.3) is 0 Å². The first-order chi connectivity index (χ1) is 13.0. The van der Waals surface area contributed by atoms with Crippen LogP contribution in [0.2, 0.25) is 5.02 Å². The third-order valence-electron chi connectivity index (χ3n) is 4.62. The van der Waals surface area contributed by atoms with Crippen LogP contribution < -0.4 is 10.6 Å². The summed E-state index contributed by atoms with van der Waals surface area (Å²) in [6, 6.07) is 13.8. The molecular weight excluding hydrogens is 366 g/mol. The van der Waals surface area contributed by atoms with Gasteiger partial charge in [-0.15, -0.1) is 0 Å². The van der Waals surface area contributed by atoms with Gasteiger partial charge in [0.15, 0.2) is 0 Å². The number of hydrogen-bond acceptors (Lipinski definition) is 3. The van der Waals surface area contributed by atoms with Crippen molar-refractivity contribution in [2.45, 2.75) is 19.0 Å². The van der Waals surface area contributed by atoms with Crippen molar-refractivity contribution in [1.29, 1.82) is 0 Å². The number of carbonyl (C=O) groups excluding carboxylic acids is 3. The van der Waals surface area contributed by atoms with Gasteiger partial charge in [0.25, 0.3) is 5.91 Å². The van der Waals surface area contributed by atoms with Crippen LogP contribution in [0.15, 0.2) is 48.5 Å². The van der Waals surface area contributed by atoms with E-state index < -0.39 is 6.04 Å². The molecule has 0 fully saturated rings. The molecule has 6 nitrogen and oxygen atoms in total. The molecule has 1 heterocycles. The van der Waals surface area contributed by atoms with E-state index in [1.165, 1.54) is 11.9 Å². The lowest BCUT2D eigenvalue weighted by Gasteiger charge is -2.36. The largest absolute Gasteiger partial charge is 0.358 e. The number of amides is 3. The Labute approximate surface area is 162 Å². The Morgan fingerprint density at radius 3 is 2.44 bits per heavy atom. The van der Waals surface area contributed by atoms with Crippen molar-refractivity contribution in [1.82, 2.24) is 15.5 Å². The summed E-state index contributed by atoms with van der Waals surface area (Å²) in [7, 11) is 1.50. The van der Waals surface area contributed by atoms with Crippen LogP contribution in [0.3, 0.4) is 0 Å². The average Bonchev–Trinajstić information content (AvgIpc) is 2.70. The van der Waals surface area contributed by atoms with Gasteiger partial charge in [-0.25, -0.2) is 0 Å². The van der Waals surface area contributed by atoms with Gasteiger partial charge in [0.2, 0.25) is 11.8 Å². The van der Waals surface area contributed by atoms with Crippen molar-refractivity contribution in [2.75, 3.05) is 13.6 Å². The van der Waals surface area contributed by atoms with Crippen LogP contribution >= 0.6 is 11.6 Å². The fourth-order valence-corrected chi connectivity index (χ4v) is 3.35. The maximum absolute atomic E-state index is 13.1. The molecule has 0 aliphatic carbocycles. The highest BCUT2D eigenvalue weighted by atomic mass is 35.5. The van der Waals surface area contributed by atoms with E-state index in [1.807, 2.05) is 24.3 Å². The third-order valence-corrected chi connectivity index (χ3v) is 4.95. The monoisotopic (exact) mass is 385 g/mol. The molecule has 7 heteroatoms. The molecule has 2 aromatic rings. The topological polar surface area (TPSA) is 78.5 Å². The summed E-state index contributed by atoms with van der Waals surface area (Å²) in [6.07, 6.45) is 0.381. The highest BCUT2D eigenvalue weighted by Crippen LogP contribution is 2.27. The van der Waals surface area contributed by atoms with Gasteiger partial charge in [-0.1, -0.05) is 48.0 Å². The van der Waals surface area contributed by atoms with Crippen molar-refractivity contribution in [3.63, 3.8) is 0 Å². The molecule has 1 atom stereocenters. The molecule has 2 aromatic carbocycles. The Hall–Kier alpha value is -2.86. The minimum Gasteiger partial charge on any atom is -0.358 e. The van der Waals surface area contributed by atoms with E-state index in [2.05, 4.69) is 10.6 Å². The lowest BCUT2D eigenvalue weighted by atomic mass is 9.92. The molecule has 2 N–H and O–H groups in total. The maximum atomic E-state index is 13.1. The molecule has 0 spiro atoms. The molecule has 3 amide bonds. The first kappa shape index (κ1) is 18.9. The Morgan fingerprint density at radius 1 is 1.07 bits per heavy atom. The Morgan fingerprint density at radius 2 is 1.74 bits per heavy atom. The standard InChI is InChI=1S/C20H20ClN3O3/c1-22-18(25)11-23-19(26)17-10-13-6-2-3-7-14(13)12-24(17)20(27)15-8-4-5-9-16(15)21/h2-9,17H,10-12H2,1H3,(H,22,25)(H,23,26)/t17-/m0/s1. The molecule has 0 saturated heterocycles. The minimum atomic E-state index is -0.715. The Bertz CT molecular complexity index is 884. The van der Waals surface area contributed by atoms with E-state index in [0.29, 0.717) is 23.6 Å². The van der Waals surface area contributed by atoms with Crippen molar-refractivity contribution in [3.05, 3.63) is 70.2 Å². The quantitative estimate of drug-likeness (QED) is 0.841. The predicted octanol–water partition coefficient (Wildman–Crippen LogP) is 1.77. The van der Waals surface area contributed by atoms with E-state index in [9.17, 15) is 14.4 Å². The van der Waals surface area contributed by atoms with Crippen molar-refractivity contribution in [3.8, 4) is 0 Å². The van der Waals surface area contributed by atoms with Crippen LogP contribution in [0.5, 0.6) is 0 Å². The molecule has 0 aromatic heterocycles. The van der Waals surface area contributed by atoms with E-state index in [-0.39, 0.29) is 24.3 Å². The molecular formula is C20H20ClN3O3. The van der Waals surface area contributed by atoms with E-state index >= 15 is 0 Å². The Kier molecular flexibility index (Phi) is 5.76. The van der Waals surface area contributed by atoms with Crippen LogP contribution in [0.4, 0.5) is 0 Å². The highest BCUT2D eigenvalue weighted by molar-refractivity contribution is 6.33. The van der Waals surface area contributed by atoms with E-state index in [0.717, 1.165) is 11.1 Å². The molecule has 0 radical (unpaired) electrons. The van der Waals surface area contributed by atoms with Crippen molar-refractivity contribution in [2.24, 2.45) is 0 Å². The van der Waals surface area contributed by atoms with Gasteiger partial charge in [0.05, 0.1) is 17.1 Å². The van der Waals surface area contributed by atoms with E-state index in [1.54, 1.807) is 24.3 Å². The lowest BCUT2D eigenvalue weighted by Crippen LogP contribution is -2.53. The summed E-state index contributed by atoms with van der Waals surface area (Å²) in [6.45, 7) is 0.167. The predicted molar refractivity (Wildman–Crippen MR) is 102 cm³/mol.